The molecule has 14 heavy (non-hydrogen) atoms. The van der Waals surface area contributed by atoms with Gasteiger partial charge in [-0.05, 0) is 0 Å². The molecular formula is C9H15N3OS. The smallest absolute Gasteiger partial charge is 0.133 e. The molecule has 1 rings (SSSR count). The molecule has 0 fully saturated rings. The van der Waals surface area contributed by atoms with Crippen LogP contribution in [0.15, 0.2) is 17.3 Å². The van der Waals surface area contributed by atoms with Gasteiger partial charge in [0.25, 0.3) is 0 Å². The summed E-state index contributed by atoms with van der Waals surface area (Å²) in [5, 5.41) is 0. The van der Waals surface area contributed by atoms with Crippen molar-refractivity contribution in [1.29, 1.82) is 4.78 Å². The Labute approximate surface area is 84.8 Å². The lowest BCUT2D eigenvalue weighted by Gasteiger charge is -2.15. The van der Waals surface area contributed by atoms with Gasteiger partial charge in [0.1, 0.15) is 5.82 Å². The van der Waals surface area contributed by atoms with E-state index in [9.17, 15) is 4.21 Å². The molecule has 0 aliphatic rings. The molecule has 0 saturated heterocycles. The summed E-state index contributed by atoms with van der Waals surface area (Å²) in [6.07, 6.45) is 4.31. The lowest BCUT2D eigenvalue weighted by Crippen LogP contribution is -2.16. The van der Waals surface area contributed by atoms with Crippen LogP contribution in [-0.4, -0.2) is 20.4 Å². The Bertz CT molecular complexity index is 414. The molecule has 0 amide bonds. The summed E-state index contributed by atoms with van der Waals surface area (Å²) in [5.41, 5.74) is -0.116. The second-order valence-electron chi connectivity index (χ2n) is 4.34. The van der Waals surface area contributed by atoms with Crippen molar-refractivity contribution in [3.8, 4) is 0 Å². The van der Waals surface area contributed by atoms with Crippen molar-refractivity contribution in [2.45, 2.75) is 31.1 Å². The number of nitrogens with one attached hydrogen (secondary N) is 1. The van der Waals surface area contributed by atoms with Crippen molar-refractivity contribution >= 4 is 9.73 Å². The van der Waals surface area contributed by atoms with Crippen molar-refractivity contribution < 1.29 is 4.21 Å². The number of hydrogen-bond acceptors (Lipinski definition) is 4. The summed E-state index contributed by atoms with van der Waals surface area (Å²) in [6, 6.07) is 0. The van der Waals surface area contributed by atoms with E-state index in [1.807, 2.05) is 20.8 Å². The van der Waals surface area contributed by atoms with Gasteiger partial charge in [0.15, 0.2) is 0 Å². The van der Waals surface area contributed by atoms with Gasteiger partial charge >= 0.3 is 0 Å². The Morgan fingerprint density at radius 2 is 1.71 bits per heavy atom. The average molecular weight is 213 g/mol. The van der Waals surface area contributed by atoms with Crippen molar-refractivity contribution in [1.82, 2.24) is 9.97 Å². The zero-order chi connectivity index (χ0) is 11.0. The summed E-state index contributed by atoms with van der Waals surface area (Å²) in [5.74, 6) is 0.699. The van der Waals surface area contributed by atoms with E-state index in [2.05, 4.69) is 9.97 Å². The molecule has 0 aliphatic heterocycles. The third-order valence-electron chi connectivity index (χ3n) is 1.75. The van der Waals surface area contributed by atoms with Gasteiger partial charge in [-0.15, -0.1) is 0 Å². The second kappa shape index (κ2) is 3.31. The molecule has 1 aromatic heterocycles. The van der Waals surface area contributed by atoms with Gasteiger partial charge in [-0.2, -0.15) is 0 Å². The standard InChI is InChI=1S/C9H15N3OS/c1-9(2,3)8-11-5-7(6-12-8)14(4,10)13/h5-6,10H,1-4H3. The number of nitrogens with zero attached hydrogens (tertiary/aromatic N) is 2. The molecule has 1 atom stereocenters. The molecule has 5 heteroatoms. The molecule has 0 saturated carbocycles. The van der Waals surface area contributed by atoms with Crippen LogP contribution in [0.2, 0.25) is 0 Å². The zero-order valence-electron chi connectivity index (χ0n) is 8.87. The Kier molecular flexibility index (Phi) is 2.63. The van der Waals surface area contributed by atoms with Gasteiger partial charge in [0, 0.05) is 24.1 Å². The van der Waals surface area contributed by atoms with E-state index < -0.39 is 9.73 Å². The van der Waals surface area contributed by atoms with E-state index in [0.29, 0.717) is 10.7 Å². The highest BCUT2D eigenvalue weighted by molar-refractivity contribution is 7.91. The van der Waals surface area contributed by atoms with Crippen LogP contribution in [0.25, 0.3) is 0 Å². The second-order valence-corrected chi connectivity index (χ2v) is 6.49. The van der Waals surface area contributed by atoms with Crippen LogP contribution in [-0.2, 0) is 15.1 Å². The molecule has 4 nitrogen and oxygen atoms in total. The van der Waals surface area contributed by atoms with E-state index in [1.54, 1.807) is 0 Å². The van der Waals surface area contributed by atoms with Crippen molar-refractivity contribution in [2.75, 3.05) is 6.26 Å². The first kappa shape index (κ1) is 11.1. The number of rotatable bonds is 1. The van der Waals surface area contributed by atoms with Gasteiger partial charge in [0.2, 0.25) is 0 Å². The summed E-state index contributed by atoms with van der Waals surface area (Å²) in [4.78, 5) is 8.59. The van der Waals surface area contributed by atoms with Crippen molar-refractivity contribution in [3.05, 3.63) is 18.2 Å². The minimum atomic E-state index is -2.69. The first-order valence-corrected chi connectivity index (χ1v) is 6.24. The molecule has 1 unspecified atom stereocenters. The molecule has 0 bridgehead atoms. The van der Waals surface area contributed by atoms with Gasteiger partial charge in [-0.1, -0.05) is 20.8 Å². The predicted molar refractivity (Wildman–Crippen MR) is 55.8 cm³/mol. The highest BCUT2D eigenvalue weighted by Crippen LogP contribution is 2.18. The topological polar surface area (TPSA) is 66.7 Å². The van der Waals surface area contributed by atoms with E-state index in [-0.39, 0.29) is 5.41 Å². The van der Waals surface area contributed by atoms with E-state index in [0.717, 1.165) is 0 Å². The molecule has 78 valence electrons. The van der Waals surface area contributed by atoms with Crippen LogP contribution in [0, 0.1) is 4.78 Å². The van der Waals surface area contributed by atoms with Gasteiger partial charge in [-0.3, -0.25) is 0 Å². The van der Waals surface area contributed by atoms with Crippen molar-refractivity contribution in [3.63, 3.8) is 0 Å². The lowest BCUT2D eigenvalue weighted by molar-refractivity contribution is 0.542. The molecule has 0 aliphatic carbocycles. The molecule has 0 spiro atoms. The van der Waals surface area contributed by atoms with Gasteiger partial charge < -0.3 is 0 Å². The fraction of sp³-hybridized carbons (Fsp3) is 0.556. The summed E-state index contributed by atoms with van der Waals surface area (Å²) in [7, 11) is -2.69. The van der Waals surface area contributed by atoms with Crippen molar-refractivity contribution in [2.24, 2.45) is 0 Å². The van der Waals surface area contributed by atoms with Crippen LogP contribution in [0.1, 0.15) is 26.6 Å². The van der Waals surface area contributed by atoms with E-state index in [1.165, 1.54) is 18.6 Å². The average Bonchev–Trinajstić information content (AvgIpc) is 2.01. The van der Waals surface area contributed by atoms with Crippen LogP contribution >= 0.6 is 0 Å². The third kappa shape index (κ3) is 2.51. The minimum Gasteiger partial charge on any atom is -0.249 e. The molecule has 1 N–H and O–H groups in total. The minimum absolute atomic E-state index is 0.116. The Hall–Kier alpha value is -0.970. The van der Waals surface area contributed by atoms with Gasteiger partial charge in [-0.25, -0.2) is 19.0 Å². The van der Waals surface area contributed by atoms with Crippen LogP contribution in [0.4, 0.5) is 0 Å². The highest BCUT2D eigenvalue weighted by Gasteiger charge is 2.17. The Morgan fingerprint density at radius 1 is 1.29 bits per heavy atom. The molecule has 1 heterocycles. The summed E-state index contributed by atoms with van der Waals surface area (Å²) < 4.78 is 18.7. The lowest BCUT2D eigenvalue weighted by atomic mass is 9.96. The maximum absolute atomic E-state index is 11.3. The number of aromatic nitrogens is 2. The molecule has 1 aromatic rings. The van der Waals surface area contributed by atoms with Gasteiger partial charge in [0.05, 0.1) is 14.6 Å². The zero-order valence-corrected chi connectivity index (χ0v) is 9.68. The summed E-state index contributed by atoms with van der Waals surface area (Å²) >= 11 is 0. The normalized spacial score (nSPS) is 16.3. The molecule has 0 radical (unpaired) electrons. The number of hydrogen-bond donors (Lipinski definition) is 1. The van der Waals surface area contributed by atoms with Crippen LogP contribution < -0.4 is 0 Å². The SMILES string of the molecule is CC(C)(C)c1ncc(S(C)(=N)=O)cn1. The largest absolute Gasteiger partial charge is 0.249 e. The molecular weight excluding hydrogens is 198 g/mol. The fourth-order valence-corrected chi connectivity index (χ4v) is 1.41. The quantitative estimate of drug-likeness (QED) is 0.773. The first-order valence-electron chi connectivity index (χ1n) is 4.27. The third-order valence-corrected chi connectivity index (χ3v) is 2.86. The van der Waals surface area contributed by atoms with Crippen LogP contribution in [0.5, 0.6) is 0 Å². The molecule has 0 aromatic carbocycles. The Morgan fingerprint density at radius 3 is 2.00 bits per heavy atom. The monoisotopic (exact) mass is 213 g/mol. The van der Waals surface area contributed by atoms with E-state index >= 15 is 0 Å². The first-order chi connectivity index (χ1) is 6.21. The highest BCUT2D eigenvalue weighted by atomic mass is 32.2. The predicted octanol–water partition coefficient (Wildman–Crippen LogP) is 1.81. The maximum atomic E-state index is 11.3. The van der Waals surface area contributed by atoms with Crippen LogP contribution in [0.3, 0.4) is 0 Å². The summed E-state index contributed by atoms with van der Waals surface area (Å²) in [6.45, 7) is 6.02. The fourth-order valence-electron chi connectivity index (χ4n) is 0.905. The Balaban J connectivity index is 3.14. The van der Waals surface area contributed by atoms with E-state index in [4.69, 9.17) is 4.78 Å². The maximum Gasteiger partial charge on any atom is 0.133 e.